The van der Waals surface area contributed by atoms with E-state index in [-0.39, 0.29) is 21.7 Å². The van der Waals surface area contributed by atoms with E-state index in [1.165, 1.54) is 30.5 Å². The summed E-state index contributed by atoms with van der Waals surface area (Å²) in [6, 6.07) is 4.34. The maximum atomic E-state index is 13.0. The minimum Gasteiger partial charge on any atom is -0.465 e. The lowest BCUT2D eigenvalue weighted by atomic mass is 10.1. The Hall–Kier alpha value is -2.98. The fraction of sp³-hybridized carbons (Fsp3) is 0.458. The number of nitrogens with zero attached hydrogens (tertiary/aromatic N) is 1. The third-order valence-corrected chi connectivity index (χ3v) is 8.00. The molecule has 2 heterocycles. The van der Waals surface area contributed by atoms with Crippen molar-refractivity contribution in [1.29, 1.82) is 0 Å². The Kier molecular flexibility index (Phi) is 7.62. The van der Waals surface area contributed by atoms with Crippen LogP contribution < -0.4 is 0 Å². The summed E-state index contributed by atoms with van der Waals surface area (Å²) in [5, 5.41) is 0. The van der Waals surface area contributed by atoms with Crippen molar-refractivity contribution in [3.05, 3.63) is 51.8 Å². The number of benzene rings is 1. The maximum Gasteiger partial charge on any atom is 0.339 e. The smallest absolute Gasteiger partial charge is 0.339 e. The Morgan fingerprint density at radius 1 is 1.03 bits per heavy atom. The zero-order valence-corrected chi connectivity index (χ0v) is 20.9. The molecule has 1 fully saturated rings. The van der Waals surface area contributed by atoms with Crippen LogP contribution in [0.4, 0.5) is 0 Å². The first-order valence-electron chi connectivity index (χ1n) is 11.1. The molecule has 0 amide bonds. The lowest BCUT2D eigenvalue weighted by molar-refractivity contribution is 0.0315. The zero-order chi connectivity index (χ0) is 25.2. The van der Waals surface area contributed by atoms with Crippen molar-refractivity contribution in [3.63, 3.8) is 0 Å². The van der Waals surface area contributed by atoms with Gasteiger partial charge in [0, 0.05) is 18.8 Å². The molecule has 0 spiro atoms. The van der Waals surface area contributed by atoms with E-state index in [1.807, 2.05) is 0 Å². The maximum absolute atomic E-state index is 13.0. The molecule has 1 aliphatic rings. The largest absolute Gasteiger partial charge is 0.465 e. The van der Waals surface area contributed by atoms with Crippen LogP contribution in [0.5, 0.6) is 0 Å². The van der Waals surface area contributed by atoms with E-state index in [2.05, 4.69) is 4.98 Å². The Balaban J connectivity index is 1.82. The van der Waals surface area contributed by atoms with Crippen molar-refractivity contribution in [1.82, 2.24) is 9.29 Å². The van der Waals surface area contributed by atoms with Crippen LogP contribution in [-0.2, 0) is 19.5 Å². The summed E-state index contributed by atoms with van der Waals surface area (Å²) in [6.45, 7) is 7.24. The number of aryl methyl sites for hydroxylation is 2. The average molecular weight is 491 g/mol. The molecule has 1 atom stereocenters. The number of methoxy groups -OCH3 is 1. The third kappa shape index (κ3) is 4.92. The molecule has 10 heteroatoms. The van der Waals surface area contributed by atoms with Gasteiger partial charge in [0.1, 0.15) is 0 Å². The molecule has 9 nitrogen and oxygen atoms in total. The van der Waals surface area contributed by atoms with E-state index >= 15 is 0 Å². The molecule has 1 saturated heterocycles. The van der Waals surface area contributed by atoms with Gasteiger partial charge in [0.2, 0.25) is 15.8 Å². The Bertz CT molecular complexity index is 1220. The van der Waals surface area contributed by atoms with E-state index in [9.17, 15) is 22.8 Å². The zero-order valence-electron chi connectivity index (χ0n) is 20.1. The molecular weight excluding hydrogens is 460 g/mol. The van der Waals surface area contributed by atoms with Crippen molar-refractivity contribution < 1.29 is 32.3 Å². The van der Waals surface area contributed by atoms with Gasteiger partial charge in [-0.15, -0.1) is 0 Å². The first-order valence-corrected chi connectivity index (χ1v) is 12.6. The lowest BCUT2D eigenvalue weighted by Crippen LogP contribution is -2.35. The fourth-order valence-corrected chi connectivity index (χ4v) is 5.67. The summed E-state index contributed by atoms with van der Waals surface area (Å²) < 4.78 is 37.6. The topological polar surface area (TPSA) is 123 Å². The van der Waals surface area contributed by atoms with Gasteiger partial charge in [0.15, 0.2) is 6.10 Å². The van der Waals surface area contributed by atoms with Crippen LogP contribution in [0.2, 0.25) is 0 Å². The Morgan fingerprint density at radius 2 is 1.68 bits per heavy atom. The number of aromatic amines is 1. The number of carbonyl (C=O) groups excluding carboxylic acids is 3. The second-order valence-corrected chi connectivity index (χ2v) is 10.4. The number of hydrogen-bond acceptors (Lipinski definition) is 7. The van der Waals surface area contributed by atoms with Gasteiger partial charge in [0.05, 0.1) is 28.8 Å². The molecular formula is C24H30N2O7S. The quantitative estimate of drug-likeness (QED) is 0.466. The highest BCUT2D eigenvalue weighted by atomic mass is 32.2. The summed E-state index contributed by atoms with van der Waals surface area (Å²) in [6.07, 6.45) is 1.42. The molecule has 1 N–H and O–H groups in total. The van der Waals surface area contributed by atoms with Crippen LogP contribution in [0.1, 0.15) is 74.2 Å². The highest BCUT2D eigenvalue weighted by Gasteiger charge is 2.30. The monoisotopic (exact) mass is 490 g/mol. The van der Waals surface area contributed by atoms with Gasteiger partial charge in [-0.05, 0) is 63.8 Å². The molecule has 0 radical (unpaired) electrons. The van der Waals surface area contributed by atoms with Crippen LogP contribution in [0, 0.1) is 20.8 Å². The number of Topliss-reactive ketones (excluding diaryl/α,β-unsaturated/α-hetero) is 1. The standard InChI is InChI=1S/C24H30N2O7S/c1-14-9-10-18(34(30,31)26-11-7-6-8-12-26)13-19(14)23(28)33-17(4)22(27)21-15(2)20(16(3)25-21)24(29)32-5/h9-10,13,17,25H,6-8,11-12H2,1-5H3/t17-/m1/s1. The lowest BCUT2D eigenvalue weighted by Gasteiger charge is -2.26. The molecule has 1 aliphatic heterocycles. The normalized spacial score (nSPS) is 15.6. The minimum absolute atomic E-state index is 0.0180. The number of aromatic nitrogens is 1. The van der Waals surface area contributed by atoms with Crippen LogP contribution >= 0.6 is 0 Å². The highest BCUT2D eigenvalue weighted by molar-refractivity contribution is 7.89. The summed E-state index contributed by atoms with van der Waals surface area (Å²) in [5.74, 6) is -1.89. The molecule has 0 saturated carbocycles. The average Bonchev–Trinajstić information content (AvgIpc) is 3.12. The summed E-state index contributed by atoms with van der Waals surface area (Å²) in [7, 11) is -2.48. The van der Waals surface area contributed by atoms with E-state index in [0.717, 1.165) is 19.3 Å². The van der Waals surface area contributed by atoms with Gasteiger partial charge in [-0.3, -0.25) is 4.79 Å². The van der Waals surface area contributed by atoms with Gasteiger partial charge < -0.3 is 14.5 Å². The van der Waals surface area contributed by atoms with E-state index < -0.39 is 33.8 Å². The van der Waals surface area contributed by atoms with Gasteiger partial charge in [-0.25, -0.2) is 18.0 Å². The number of esters is 2. The predicted molar refractivity (Wildman–Crippen MR) is 125 cm³/mol. The molecule has 0 aliphatic carbocycles. The van der Waals surface area contributed by atoms with Crippen LogP contribution in [0.3, 0.4) is 0 Å². The van der Waals surface area contributed by atoms with E-state index in [4.69, 9.17) is 9.47 Å². The number of carbonyl (C=O) groups is 3. The van der Waals surface area contributed by atoms with Gasteiger partial charge in [-0.1, -0.05) is 12.5 Å². The van der Waals surface area contributed by atoms with Gasteiger partial charge >= 0.3 is 11.9 Å². The number of hydrogen-bond donors (Lipinski definition) is 1. The molecule has 3 rings (SSSR count). The molecule has 1 aromatic carbocycles. The number of ketones is 1. The molecule has 184 valence electrons. The van der Waals surface area contributed by atoms with Crippen molar-refractivity contribution in [2.24, 2.45) is 0 Å². The molecule has 34 heavy (non-hydrogen) atoms. The Morgan fingerprint density at radius 3 is 2.29 bits per heavy atom. The van der Waals surface area contributed by atoms with Crippen molar-refractivity contribution in [2.75, 3.05) is 20.2 Å². The second-order valence-electron chi connectivity index (χ2n) is 8.47. The number of piperidine rings is 1. The minimum atomic E-state index is -3.73. The summed E-state index contributed by atoms with van der Waals surface area (Å²) in [5.41, 5.74) is 1.89. The SMILES string of the molecule is COC(=O)c1c(C)[nH]c(C(=O)[C@@H](C)OC(=O)c2cc(S(=O)(=O)N3CCCCC3)ccc2C)c1C. The Labute approximate surface area is 199 Å². The number of H-pyrrole nitrogens is 1. The number of rotatable bonds is 7. The molecule has 2 aromatic rings. The van der Waals surface area contributed by atoms with Crippen molar-refractivity contribution in [2.45, 2.75) is 58.0 Å². The van der Waals surface area contributed by atoms with Crippen LogP contribution in [0.15, 0.2) is 23.1 Å². The highest BCUT2D eigenvalue weighted by Crippen LogP contribution is 2.25. The second kappa shape index (κ2) is 10.1. The fourth-order valence-electron chi connectivity index (χ4n) is 4.12. The summed E-state index contributed by atoms with van der Waals surface area (Å²) >= 11 is 0. The molecule has 1 aromatic heterocycles. The van der Waals surface area contributed by atoms with Crippen molar-refractivity contribution in [3.8, 4) is 0 Å². The molecule has 0 unspecified atom stereocenters. The van der Waals surface area contributed by atoms with Crippen LogP contribution in [-0.4, -0.2) is 61.7 Å². The van der Waals surface area contributed by atoms with Gasteiger partial charge in [0.25, 0.3) is 0 Å². The van der Waals surface area contributed by atoms with E-state index in [0.29, 0.717) is 29.9 Å². The molecule has 0 bridgehead atoms. The third-order valence-electron chi connectivity index (χ3n) is 6.11. The van der Waals surface area contributed by atoms with Gasteiger partial charge in [-0.2, -0.15) is 4.31 Å². The summed E-state index contributed by atoms with van der Waals surface area (Å²) in [4.78, 5) is 40.8. The van der Waals surface area contributed by atoms with Crippen LogP contribution in [0.25, 0.3) is 0 Å². The number of sulfonamides is 1. The first kappa shape index (κ1) is 25.6. The number of ether oxygens (including phenoxy) is 2. The van der Waals surface area contributed by atoms with E-state index in [1.54, 1.807) is 26.8 Å². The number of nitrogens with one attached hydrogen (secondary N) is 1. The predicted octanol–water partition coefficient (Wildman–Crippen LogP) is 3.33. The van der Waals surface area contributed by atoms with Crippen molar-refractivity contribution >= 4 is 27.7 Å². The first-order chi connectivity index (χ1) is 16.0.